The van der Waals surface area contributed by atoms with Crippen LogP contribution in [0.2, 0.25) is 0 Å². The molecule has 0 bridgehead atoms. The zero-order valence-corrected chi connectivity index (χ0v) is 31.2. The smallest absolute Gasteiger partial charge is 0.312 e. The van der Waals surface area contributed by atoms with Crippen molar-refractivity contribution >= 4 is 17.7 Å². The minimum Gasteiger partial charge on any atom is -0.452 e. The summed E-state index contributed by atoms with van der Waals surface area (Å²) in [6, 6.07) is 20.0. The standard InChI is InChI=1S/C44H57NO5/c1-28(46)45-44(7)34-18-21-43(6)37(41(34,4)20-19-35(44)48)33(47)26-31-32-27-40(3,23-22-39(32,2)24-25-42(31,43)5)38(49)50-36(29-14-10-8-11-15-29)30-16-12-9-13-17-30/h8-17,26,32,34-37,48H,18-25,27H2,1-7H3,(H,45,46)/t32-,34+,35-,37+,39+,40-,41-,42+,43+,44-/m0/s1. The highest BCUT2D eigenvalue weighted by Gasteiger charge is 2.71. The summed E-state index contributed by atoms with van der Waals surface area (Å²) in [5.74, 6) is -0.220. The Kier molecular flexibility index (Phi) is 8.37. The first-order valence-corrected chi connectivity index (χ1v) is 19.0. The Balaban J connectivity index is 1.23. The maximum absolute atomic E-state index is 14.8. The molecule has 268 valence electrons. The van der Waals surface area contributed by atoms with Crippen LogP contribution in [0.3, 0.4) is 0 Å². The van der Waals surface area contributed by atoms with Crippen LogP contribution in [-0.4, -0.2) is 34.4 Å². The van der Waals surface area contributed by atoms with Crippen LogP contribution in [0.25, 0.3) is 0 Å². The van der Waals surface area contributed by atoms with E-state index < -0.39 is 23.2 Å². The number of carbonyl (C=O) groups excluding carboxylic acids is 3. The molecule has 0 aromatic heterocycles. The van der Waals surface area contributed by atoms with Crippen molar-refractivity contribution in [2.75, 3.05) is 0 Å². The van der Waals surface area contributed by atoms with E-state index in [1.54, 1.807) is 0 Å². The van der Waals surface area contributed by atoms with Gasteiger partial charge in [0.2, 0.25) is 5.91 Å². The number of rotatable bonds is 5. The Labute approximate surface area is 298 Å². The molecule has 1 amide bonds. The summed E-state index contributed by atoms with van der Waals surface area (Å²) in [4.78, 5) is 41.7. The molecule has 2 aromatic carbocycles. The van der Waals surface area contributed by atoms with Crippen molar-refractivity contribution in [2.45, 2.75) is 124 Å². The molecule has 50 heavy (non-hydrogen) atoms. The average Bonchev–Trinajstić information content (AvgIpc) is 3.07. The average molecular weight is 680 g/mol. The highest BCUT2D eigenvalue weighted by molar-refractivity contribution is 5.96. The molecule has 0 radical (unpaired) electrons. The molecule has 5 aliphatic carbocycles. The predicted octanol–water partition coefficient (Wildman–Crippen LogP) is 8.53. The van der Waals surface area contributed by atoms with Gasteiger partial charge in [0.05, 0.1) is 17.1 Å². The van der Waals surface area contributed by atoms with Crippen LogP contribution in [-0.2, 0) is 19.1 Å². The summed E-state index contributed by atoms with van der Waals surface area (Å²) in [5, 5.41) is 14.4. The lowest BCUT2D eigenvalue weighted by Gasteiger charge is -2.70. The van der Waals surface area contributed by atoms with Gasteiger partial charge in [-0.15, -0.1) is 0 Å². The van der Waals surface area contributed by atoms with E-state index in [2.05, 4.69) is 39.9 Å². The summed E-state index contributed by atoms with van der Waals surface area (Å²) < 4.78 is 6.52. The van der Waals surface area contributed by atoms with Crippen LogP contribution in [0.4, 0.5) is 0 Å². The van der Waals surface area contributed by atoms with Crippen molar-refractivity contribution in [1.82, 2.24) is 5.32 Å². The lowest BCUT2D eigenvalue weighted by atomic mass is 9.34. The van der Waals surface area contributed by atoms with Gasteiger partial charge >= 0.3 is 5.97 Å². The molecule has 4 fully saturated rings. The summed E-state index contributed by atoms with van der Waals surface area (Å²) in [5.41, 5.74) is 0.857. The second-order valence-electron chi connectivity index (χ2n) is 18.4. The van der Waals surface area contributed by atoms with Crippen LogP contribution in [0.15, 0.2) is 72.3 Å². The SMILES string of the molecule is CC(=O)N[C@@]1(C)[C@@H]2CC[C@]3(C)[C@H](C(=O)C=C4[C@@H]5C[C@@](C)(C(=O)OC(c6ccccc6)c6ccccc6)CC[C@]5(C)CC[C@]43C)[C@@]2(C)CC[C@@H]1O. The molecule has 0 spiro atoms. The number of benzene rings is 2. The number of ketones is 1. The molecule has 6 nitrogen and oxygen atoms in total. The van der Waals surface area contributed by atoms with Gasteiger partial charge in [0.15, 0.2) is 11.9 Å². The third-order valence-electron chi connectivity index (χ3n) is 15.6. The number of carbonyl (C=O) groups is 3. The lowest BCUT2D eigenvalue weighted by molar-refractivity contribution is -0.194. The summed E-state index contributed by atoms with van der Waals surface area (Å²) >= 11 is 0. The second kappa shape index (κ2) is 11.9. The Morgan fingerprint density at radius 3 is 2.02 bits per heavy atom. The molecule has 0 saturated heterocycles. The fourth-order valence-electron chi connectivity index (χ4n) is 12.4. The fraction of sp³-hybridized carbons (Fsp3) is 0.614. The number of ether oxygens (including phenoxy) is 1. The molecular formula is C44H57NO5. The third-order valence-corrected chi connectivity index (χ3v) is 15.6. The Morgan fingerprint density at radius 2 is 1.42 bits per heavy atom. The first-order valence-electron chi connectivity index (χ1n) is 19.0. The number of aliphatic hydroxyl groups excluding tert-OH is 1. The van der Waals surface area contributed by atoms with E-state index in [-0.39, 0.29) is 57.1 Å². The molecule has 2 N–H and O–H groups in total. The Bertz CT molecular complexity index is 1670. The Hall–Kier alpha value is -3.25. The zero-order chi connectivity index (χ0) is 35.9. The number of nitrogens with one attached hydrogen (secondary N) is 1. The summed E-state index contributed by atoms with van der Waals surface area (Å²) in [7, 11) is 0. The van der Waals surface area contributed by atoms with Crippen molar-refractivity contribution in [3.05, 3.63) is 83.4 Å². The van der Waals surface area contributed by atoms with Gasteiger partial charge in [0.25, 0.3) is 0 Å². The lowest BCUT2D eigenvalue weighted by Crippen LogP contribution is -2.72. The van der Waals surface area contributed by atoms with Crippen LogP contribution < -0.4 is 5.32 Å². The third kappa shape index (κ3) is 5.09. The normalized spacial score (nSPS) is 42.3. The number of fused-ring (bicyclic) bond motifs is 7. The molecule has 0 unspecified atom stereocenters. The van der Waals surface area contributed by atoms with E-state index in [1.807, 2.05) is 73.7 Å². The second-order valence-corrected chi connectivity index (χ2v) is 18.4. The van der Waals surface area contributed by atoms with Gasteiger partial charge in [-0.25, -0.2) is 0 Å². The van der Waals surface area contributed by atoms with Gasteiger partial charge in [-0.05, 0) is 122 Å². The maximum Gasteiger partial charge on any atom is 0.312 e. The van der Waals surface area contributed by atoms with Crippen molar-refractivity contribution in [3.63, 3.8) is 0 Å². The van der Waals surface area contributed by atoms with Crippen molar-refractivity contribution in [1.29, 1.82) is 0 Å². The van der Waals surface area contributed by atoms with Gasteiger partial charge in [0, 0.05) is 12.8 Å². The molecular weight excluding hydrogens is 622 g/mol. The molecule has 10 atom stereocenters. The molecule has 0 heterocycles. The summed E-state index contributed by atoms with van der Waals surface area (Å²) in [6.07, 6.45) is 8.34. The maximum atomic E-state index is 14.8. The van der Waals surface area contributed by atoms with Crippen molar-refractivity contribution < 1.29 is 24.2 Å². The number of amides is 1. The van der Waals surface area contributed by atoms with Crippen LogP contribution in [0.1, 0.15) is 123 Å². The molecule has 4 saturated carbocycles. The number of aliphatic hydroxyl groups is 1. The van der Waals surface area contributed by atoms with Gasteiger partial charge in [-0.2, -0.15) is 0 Å². The summed E-state index contributed by atoms with van der Waals surface area (Å²) in [6.45, 7) is 15.0. The van der Waals surface area contributed by atoms with E-state index in [9.17, 15) is 19.5 Å². The number of allylic oxidation sites excluding steroid dienone is 2. The minimum absolute atomic E-state index is 0.00685. The van der Waals surface area contributed by atoms with Gasteiger partial charge in [-0.3, -0.25) is 14.4 Å². The van der Waals surface area contributed by atoms with E-state index in [0.717, 1.165) is 56.1 Å². The molecule has 5 aliphatic rings. The van der Waals surface area contributed by atoms with Gasteiger partial charge in [-0.1, -0.05) is 93.9 Å². The van der Waals surface area contributed by atoms with Crippen LogP contribution >= 0.6 is 0 Å². The highest BCUT2D eigenvalue weighted by atomic mass is 16.5. The minimum atomic E-state index is -0.778. The molecule has 2 aromatic rings. The van der Waals surface area contributed by atoms with Crippen molar-refractivity contribution in [3.8, 4) is 0 Å². The first kappa shape index (κ1) is 35.2. The molecule has 6 heteroatoms. The van der Waals surface area contributed by atoms with E-state index in [0.29, 0.717) is 12.8 Å². The number of hydrogen-bond donors (Lipinski definition) is 2. The topological polar surface area (TPSA) is 92.7 Å². The Morgan fingerprint density at radius 1 is 0.820 bits per heavy atom. The fourth-order valence-corrected chi connectivity index (χ4v) is 12.4. The quantitative estimate of drug-likeness (QED) is 0.309. The van der Waals surface area contributed by atoms with Gasteiger partial charge in [0.1, 0.15) is 0 Å². The number of esters is 1. The first-order chi connectivity index (χ1) is 23.5. The highest BCUT2D eigenvalue weighted by Crippen LogP contribution is 2.74. The van der Waals surface area contributed by atoms with Crippen LogP contribution in [0, 0.1) is 44.8 Å². The van der Waals surface area contributed by atoms with Crippen LogP contribution in [0.5, 0.6) is 0 Å². The monoisotopic (exact) mass is 679 g/mol. The zero-order valence-electron chi connectivity index (χ0n) is 31.2. The van der Waals surface area contributed by atoms with E-state index in [1.165, 1.54) is 12.5 Å². The molecule has 7 rings (SSSR count). The van der Waals surface area contributed by atoms with Crippen molar-refractivity contribution in [2.24, 2.45) is 44.8 Å². The van der Waals surface area contributed by atoms with E-state index in [4.69, 9.17) is 4.74 Å². The molecule has 0 aliphatic heterocycles. The largest absolute Gasteiger partial charge is 0.452 e. The predicted molar refractivity (Wildman–Crippen MR) is 195 cm³/mol. The number of hydrogen-bond acceptors (Lipinski definition) is 5. The van der Waals surface area contributed by atoms with E-state index >= 15 is 0 Å². The van der Waals surface area contributed by atoms with Gasteiger partial charge < -0.3 is 15.2 Å².